The Labute approximate surface area is 152 Å². The lowest BCUT2D eigenvalue weighted by Gasteiger charge is -2.28. The molecule has 0 radical (unpaired) electrons. The van der Waals surface area contributed by atoms with Crippen molar-refractivity contribution >= 4 is 23.2 Å². The molecule has 0 aromatic carbocycles. The van der Waals surface area contributed by atoms with Gasteiger partial charge in [0.25, 0.3) is 0 Å². The molecule has 1 fully saturated rings. The molecule has 1 unspecified atom stereocenters. The second-order valence-corrected chi connectivity index (χ2v) is 6.42. The van der Waals surface area contributed by atoms with Gasteiger partial charge in [0, 0.05) is 25.8 Å². The van der Waals surface area contributed by atoms with E-state index in [4.69, 9.17) is 23.2 Å². The third-order valence-electron chi connectivity index (χ3n) is 3.66. The van der Waals surface area contributed by atoms with Crippen LogP contribution in [0.1, 0.15) is 18.4 Å². The summed E-state index contributed by atoms with van der Waals surface area (Å²) in [5, 5.41) is 19.7. The Hall–Kier alpha value is -1.71. The number of aliphatic hydroxyl groups excluding tert-OH is 1. The molecule has 0 saturated heterocycles. The van der Waals surface area contributed by atoms with Gasteiger partial charge in [-0.1, -0.05) is 17.7 Å². The van der Waals surface area contributed by atoms with E-state index in [0.717, 1.165) is 12.8 Å². The van der Waals surface area contributed by atoms with Gasteiger partial charge in [0.15, 0.2) is 5.82 Å². The third kappa shape index (κ3) is 4.90. The number of aliphatic hydroxyl groups is 1. The van der Waals surface area contributed by atoms with Crippen LogP contribution in [0.15, 0.2) is 29.8 Å². The topological polar surface area (TPSA) is 91.5 Å². The number of nitrogens with zero attached hydrogens (tertiary/aromatic N) is 3. The maximum absolute atomic E-state index is 13.3. The maximum Gasteiger partial charge on any atom is 0.357 e. The van der Waals surface area contributed by atoms with Crippen molar-refractivity contribution in [3.05, 3.63) is 50.7 Å². The lowest BCUT2D eigenvalue weighted by atomic mass is 10.2. The Morgan fingerprint density at radius 1 is 1.60 bits per heavy atom. The Kier molecular flexibility index (Phi) is 6.02. The maximum atomic E-state index is 13.3. The highest BCUT2D eigenvalue weighted by Crippen LogP contribution is 2.35. The van der Waals surface area contributed by atoms with Crippen molar-refractivity contribution in [1.29, 1.82) is 0 Å². The third-order valence-corrected chi connectivity index (χ3v) is 4.09. The molecule has 1 aromatic heterocycles. The summed E-state index contributed by atoms with van der Waals surface area (Å²) in [4.78, 5) is 15.8. The first-order chi connectivity index (χ1) is 11.6. The predicted molar refractivity (Wildman–Crippen MR) is 87.7 cm³/mol. The average molecular weight is 397 g/mol. The van der Waals surface area contributed by atoms with Gasteiger partial charge in [0.05, 0.1) is 4.92 Å². The predicted octanol–water partition coefficient (Wildman–Crippen LogP) is 2.56. The van der Waals surface area contributed by atoms with Crippen LogP contribution >= 0.6 is 23.2 Å². The quantitative estimate of drug-likeness (QED) is 0.303. The average Bonchev–Trinajstić information content (AvgIpc) is 3.35. The van der Waals surface area contributed by atoms with Crippen LogP contribution in [0.4, 0.5) is 8.78 Å². The molecule has 138 valence electrons. The minimum atomic E-state index is -4.18. The van der Waals surface area contributed by atoms with Crippen LogP contribution < -0.4 is 5.32 Å². The Balaban J connectivity index is 2.43. The molecule has 0 aliphatic heterocycles. The zero-order valence-electron chi connectivity index (χ0n) is 13.1. The van der Waals surface area contributed by atoms with Crippen LogP contribution in [-0.4, -0.2) is 44.5 Å². The SMILES string of the molecule is CN/C(=C(/C(O)C(F)(F)Cl)[N+](=O)[O-])N(Cc1ccc(Cl)nc1)C1CC1. The normalized spacial score (nSPS) is 16.9. The summed E-state index contributed by atoms with van der Waals surface area (Å²) in [5.41, 5.74) is -0.407. The van der Waals surface area contributed by atoms with Crippen LogP contribution in [0.2, 0.25) is 5.15 Å². The van der Waals surface area contributed by atoms with E-state index in [1.54, 1.807) is 17.0 Å². The fourth-order valence-electron chi connectivity index (χ4n) is 2.36. The summed E-state index contributed by atoms with van der Waals surface area (Å²) in [6.45, 7) is 0.170. The molecule has 1 aliphatic rings. The van der Waals surface area contributed by atoms with Gasteiger partial charge in [-0.05, 0) is 36.1 Å². The van der Waals surface area contributed by atoms with E-state index in [2.05, 4.69) is 10.3 Å². The van der Waals surface area contributed by atoms with Gasteiger partial charge in [-0.25, -0.2) is 4.98 Å². The van der Waals surface area contributed by atoms with Gasteiger partial charge in [-0.15, -0.1) is 0 Å². The summed E-state index contributed by atoms with van der Waals surface area (Å²) >= 11 is 10.5. The highest BCUT2D eigenvalue weighted by Gasteiger charge is 2.48. The molecular formula is C14H16Cl2F2N4O3. The van der Waals surface area contributed by atoms with Gasteiger partial charge in [-0.2, -0.15) is 8.78 Å². The molecule has 25 heavy (non-hydrogen) atoms. The monoisotopic (exact) mass is 396 g/mol. The number of nitro groups is 1. The fourth-order valence-corrected chi connectivity index (χ4v) is 2.58. The zero-order valence-corrected chi connectivity index (χ0v) is 14.6. The van der Waals surface area contributed by atoms with E-state index in [0.29, 0.717) is 5.56 Å². The first-order valence-electron chi connectivity index (χ1n) is 7.33. The minimum absolute atomic E-state index is 0.0794. The first kappa shape index (κ1) is 19.6. The lowest BCUT2D eigenvalue weighted by molar-refractivity contribution is -0.443. The summed E-state index contributed by atoms with van der Waals surface area (Å²) < 4.78 is 26.6. The van der Waals surface area contributed by atoms with Crippen molar-refractivity contribution in [1.82, 2.24) is 15.2 Å². The van der Waals surface area contributed by atoms with Gasteiger partial charge in [-0.3, -0.25) is 10.1 Å². The fraction of sp³-hybridized carbons (Fsp3) is 0.500. The largest absolute Gasteiger partial charge is 0.376 e. The molecule has 11 heteroatoms. The molecule has 1 atom stereocenters. The summed E-state index contributed by atoms with van der Waals surface area (Å²) in [6, 6.07) is 3.15. The first-order valence-corrected chi connectivity index (χ1v) is 8.09. The summed E-state index contributed by atoms with van der Waals surface area (Å²) in [6.07, 6.45) is 0.203. The summed E-state index contributed by atoms with van der Waals surface area (Å²) in [5.74, 6) is -0.213. The molecule has 0 bridgehead atoms. The van der Waals surface area contributed by atoms with Crippen LogP contribution in [0.25, 0.3) is 0 Å². The number of hydrogen-bond donors (Lipinski definition) is 2. The second-order valence-electron chi connectivity index (χ2n) is 5.53. The van der Waals surface area contributed by atoms with E-state index in [9.17, 15) is 24.0 Å². The Morgan fingerprint density at radius 3 is 2.64 bits per heavy atom. The van der Waals surface area contributed by atoms with Crippen molar-refractivity contribution in [2.75, 3.05) is 7.05 Å². The van der Waals surface area contributed by atoms with E-state index in [1.165, 1.54) is 13.2 Å². The molecule has 2 rings (SSSR count). The molecule has 7 nitrogen and oxygen atoms in total. The highest BCUT2D eigenvalue weighted by molar-refractivity contribution is 6.29. The van der Waals surface area contributed by atoms with Crippen molar-refractivity contribution in [3.63, 3.8) is 0 Å². The van der Waals surface area contributed by atoms with E-state index < -0.39 is 22.1 Å². The molecule has 1 saturated carbocycles. The smallest absolute Gasteiger partial charge is 0.357 e. The van der Waals surface area contributed by atoms with Gasteiger partial charge in [0.1, 0.15) is 5.15 Å². The molecule has 1 aliphatic carbocycles. The molecule has 0 amide bonds. The number of rotatable bonds is 8. The van der Waals surface area contributed by atoms with Crippen LogP contribution in [0, 0.1) is 10.1 Å². The molecule has 2 N–H and O–H groups in total. The van der Waals surface area contributed by atoms with Gasteiger partial charge in [0.2, 0.25) is 6.10 Å². The summed E-state index contributed by atoms with van der Waals surface area (Å²) in [7, 11) is 1.35. The standard InChI is InChI=1S/C14H16Cl2F2N4O3/c1-19-13(11(22(24)25)12(23)14(16,17)18)21(9-3-4-9)7-8-2-5-10(15)20-6-8/h2,5-6,9,12,19,23H,3-4,7H2,1H3/b13-11+. The molecular weight excluding hydrogens is 381 g/mol. The number of nitrogens with one attached hydrogen (secondary N) is 1. The number of pyridine rings is 1. The van der Waals surface area contributed by atoms with E-state index >= 15 is 0 Å². The molecule has 1 heterocycles. The zero-order chi connectivity index (χ0) is 18.8. The van der Waals surface area contributed by atoms with Gasteiger partial charge >= 0.3 is 11.1 Å². The Morgan fingerprint density at radius 2 is 2.24 bits per heavy atom. The molecule has 1 aromatic rings. The van der Waals surface area contributed by atoms with Gasteiger partial charge < -0.3 is 15.3 Å². The number of aromatic nitrogens is 1. The van der Waals surface area contributed by atoms with Crippen molar-refractivity contribution in [3.8, 4) is 0 Å². The van der Waals surface area contributed by atoms with Crippen molar-refractivity contribution < 1.29 is 18.8 Å². The Bertz CT molecular complexity index is 663. The number of alkyl halides is 3. The number of halogens is 4. The van der Waals surface area contributed by atoms with Crippen molar-refractivity contribution in [2.45, 2.75) is 36.9 Å². The lowest BCUT2D eigenvalue weighted by Crippen LogP contribution is -2.41. The van der Waals surface area contributed by atoms with Crippen LogP contribution in [0.3, 0.4) is 0 Å². The van der Waals surface area contributed by atoms with E-state index in [-0.39, 0.29) is 23.6 Å². The van der Waals surface area contributed by atoms with Crippen LogP contribution in [-0.2, 0) is 6.54 Å². The molecule has 0 spiro atoms. The van der Waals surface area contributed by atoms with E-state index in [1.807, 2.05) is 0 Å². The number of hydrogen-bond acceptors (Lipinski definition) is 6. The highest BCUT2D eigenvalue weighted by atomic mass is 35.5. The van der Waals surface area contributed by atoms with Crippen LogP contribution in [0.5, 0.6) is 0 Å². The minimum Gasteiger partial charge on any atom is -0.376 e. The second kappa shape index (κ2) is 7.67. The van der Waals surface area contributed by atoms with Crippen molar-refractivity contribution in [2.24, 2.45) is 0 Å².